The van der Waals surface area contributed by atoms with Crippen molar-refractivity contribution in [2.45, 2.75) is 56.3 Å². The monoisotopic (exact) mass is 488 g/mol. The molecule has 16 nitrogen and oxygen atoms in total. The first-order valence-electron chi connectivity index (χ1n) is 9.47. The Kier molecular flexibility index (Phi) is 13.6. The zero-order chi connectivity index (χ0) is 25.8. The zero-order valence-electron chi connectivity index (χ0n) is 17.5. The van der Waals surface area contributed by atoms with Gasteiger partial charge in [-0.2, -0.15) is 0 Å². The van der Waals surface area contributed by atoms with E-state index in [9.17, 15) is 39.6 Å². The molecule has 33 heavy (non-hydrogen) atoms. The van der Waals surface area contributed by atoms with E-state index in [4.69, 9.17) is 39.4 Å². The fourth-order valence-corrected chi connectivity index (χ4v) is 1.97. The fraction of sp³-hybridized carbons (Fsp3) is 0.765. The summed E-state index contributed by atoms with van der Waals surface area (Å²) >= 11 is 0. The van der Waals surface area contributed by atoms with Gasteiger partial charge in [0.25, 0.3) is 0 Å². The lowest BCUT2D eigenvalue weighted by atomic mass is 10.1. The predicted octanol–water partition coefficient (Wildman–Crippen LogP) is -5.61. The largest absolute Gasteiger partial charge is 0.463 e. The summed E-state index contributed by atoms with van der Waals surface area (Å²) in [6, 6.07) is 0. The van der Waals surface area contributed by atoms with Crippen molar-refractivity contribution < 1.29 is 79.0 Å². The second-order valence-corrected chi connectivity index (χ2v) is 6.37. The van der Waals surface area contributed by atoms with Crippen molar-refractivity contribution in [3.8, 4) is 0 Å². The molecule has 0 amide bonds. The summed E-state index contributed by atoms with van der Waals surface area (Å²) in [6.45, 7) is -3.41. The molecule has 0 aliphatic rings. The lowest BCUT2D eigenvalue weighted by molar-refractivity contribution is -0.371. The number of hydrogen-bond donors (Lipinski definition) is 8. The third kappa shape index (κ3) is 9.14. The van der Waals surface area contributed by atoms with E-state index in [0.29, 0.717) is 0 Å². The second kappa shape index (κ2) is 14.7. The predicted molar refractivity (Wildman–Crippen MR) is 98.2 cm³/mol. The van der Waals surface area contributed by atoms with Gasteiger partial charge in [0, 0.05) is 0 Å². The molecule has 0 aromatic heterocycles. The van der Waals surface area contributed by atoms with Gasteiger partial charge >= 0.3 is 29.9 Å². The Morgan fingerprint density at radius 3 is 1.21 bits per heavy atom. The third-order valence-corrected chi connectivity index (χ3v) is 3.71. The molecule has 192 valence electrons. The molecule has 0 fully saturated rings. The summed E-state index contributed by atoms with van der Waals surface area (Å²) in [5.41, 5.74) is 0. The van der Waals surface area contributed by atoms with Gasteiger partial charge in [0.1, 0.15) is 0 Å². The van der Waals surface area contributed by atoms with Gasteiger partial charge in [0.2, 0.25) is 6.10 Å². The highest BCUT2D eigenvalue weighted by atomic mass is 16.9. The van der Waals surface area contributed by atoms with Crippen LogP contribution in [0.2, 0.25) is 0 Å². The van der Waals surface area contributed by atoms with Gasteiger partial charge in [-0.3, -0.25) is 0 Å². The molecule has 8 N–H and O–H groups in total. The van der Waals surface area contributed by atoms with Crippen LogP contribution in [0.15, 0.2) is 0 Å². The molecule has 0 rings (SSSR count). The molecular formula is C17H28O16. The van der Waals surface area contributed by atoms with Crippen molar-refractivity contribution in [1.29, 1.82) is 0 Å². The lowest BCUT2D eigenvalue weighted by Crippen LogP contribution is -2.58. The van der Waals surface area contributed by atoms with E-state index in [-0.39, 0.29) is 6.42 Å². The van der Waals surface area contributed by atoms with Crippen molar-refractivity contribution in [2.24, 2.45) is 0 Å². The van der Waals surface area contributed by atoms with Crippen LogP contribution in [0, 0.1) is 0 Å². The summed E-state index contributed by atoms with van der Waals surface area (Å²) in [7, 11) is 0. The van der Waals surface area contributed by atoms with Crippen molar-refractivity contribution in [3.05, 3.63) is 0 Å². The summed E-state index contributed by atoms with van der Waals surface area (Å²) in [5.74, 6) is -10.5. The molecule has 16 heteroatoms. The first kappa shape index (κ1) is 30.6. The maximum Gasteiger partial charge on any atom is 0.463 e. The number of carbonyl (C=O) groups is 4. The SMILES string of the molecule is CCCC(OC(=O)C(O)CO)C(OC(=O)C(O)CO)(OC(=O)C(O)CO)OC(=O)C(O)CO. The van der Waals surface area contributed by atoms with Gasteiger partial charge < -0.3 is 59.8 Å². The molecule has 0 aliphatic carbocycles. The summed E-state index contributed by atoms with van der Waals surface area (Å²) in [4.78, 5) is 48.5. The van der Waals surface area contributed by atoms with Gasteiger partial charge in [-0.05, 0) is 6.42 Å². The Morgan fingerprint density at radius 2 is 0.939 bits per heavy atom. The molecule has 0 radical (unpaired) electrons. The van der Waals surface area contributed by atoms with Crippen LogP contribution in [-0.2, 0) is 38.1 Å². The first-order valence-corrected chi connectivity index (χ1v) is 9.47. The Hall–Kier alpha value is -2.44. The standard InChI is InChI=1S/C17H28O16/c1-2-3-12(30-13(26)8(22)4-18)17(31-14(27)9(23)5-19,32-15(28)10(24)6-20)33-16(29)11(25)7-21/h8-12,18-25H,2-7H2,1H3. The number of esters is 4. The van der Waals surface area contributed by atoms with E-state index in [1.54, 1.807) is 0 Å². The number of hydrogen-bond acceptors (Lipinski definition) is 16. The molecule has 0 aromatic carbocycles. The quantitative estimate of drug-likeness (QED) is 0.0788. The molecule has 0 saturated heterocycles. The van der Waals surface area contributed by atoms with Crippen molar-refractivity contribution in [1.82, 2.24) is 0 Å². The van der Waals surface area contributed by atoms with E-state index < -0.39 is 93.2 Å². The van der Waals surface area contributed by atoms with Crippen LogP contribution < -0.4 is 0 Å². The van der Waals surface area contributed by atoms with Gasteiger partial charge in [0.15, 0.2) is 24.4 Å². The molecule has 0 bridgehead atoms. The van der Waals surface area contributed by atoms with Crippen LogP contribution in [0.25, 0.3) is 0 Å². The summed E-state index contributed by atoms with van der Waals surface area (Å²) in [5, 5.41) is 73.8. The normalized spacial score (nSPS) is 17.5. The molecule has 5 unspecified atom stereocenters. The summed E-state index contributed by atoms with van der Waals surface area (Å²) < 4.78 is 19.0. The summed E-state index contributed by atoms with van der Waals surface area (Å²) in [6.07, 6.45) is -11.7. The minimum Gasteiger partial charge on any atom is -0.447 e. The zero-order valence-corrected chi connectivity index (χ0v) is 17.5. The lowest BCUT2D eigenvalue weighted by Gasteiger charge is -2.37. The molecular weight excluding hydrogens is 460 g/mol. The smallest absolute Gasteiger partial charge is 0.447 e. The Morgan fingerprint density at radius 1 is 0.636 bits per heavy atom. The van der Waals surface area contributed by atoms with Gasteiger partial charge in [-0.15, -0.1) is 0 Å². The van der Waals surface area contributed by atoms with Gasteiger partial charge in [-0.25, -0.2) is 19.2 Å². The van der Waals surface area contributed by atoms with Gasteiger partial charge in [0.05, 0.1) is 26.4 Å². The van der Waals surface area contributed by atoms with Gasteiger partial charge in [-0.1, -0.05) is 13.3 Å². The van der Waals surface area contributed by atoms with E-state index in [2.05, 4.69) is 0 Å². The van der Waals surface area contributed by atoms with E-state index in [1.165, 1.54) is 6.92 Å². The molecule has 0 heterocycles. The van der Waals surface area contributed by atoms with E-state index in [1.807, 2.05) is 0 Å². The highest BCUT2D eigenvalue weighted by Crippen LogP contribution is 2.29. The topological polar surface area (TPSA) is 267 Å². The average molecular weight is 488 g/mol. The highest BCUT2D eigenvalue weighted by molar-refractivity contribution is 5.79. The van der Waals surface area contributed by atoms with Crippen LogP contribution in [0.1, 0.15) is 19.8 Å². The van der Waals surface area contributed by atoms with Crippen LogP contribution in [0.3, 0.4) is 0 Å². The number of aliphatic hydroxyl groups excluding tert-OH is 8. The first-order chi connectivity index (χ1) is 15.4. The molecule has 0 aliphatic heterocycles. The number of ether oxygens (including phenoxy) is 4. The minimum absolute atomic E-state index is 0.00916. The van der Waals surface area contributed by atoms with Crippen molar-refractivity contribution in [2.75, 3.05) is 26.4 Å². The minimum atomic E-state index is -3.51. The van der Waals surface area contributed by atoms with Crippen LogP contribution in [0.4, 0.5) is 0 Å². The van der Waals surface area contributed by atoms with E-state index in [0.717, 1.165) is 0 Å². The fourth-order valence-electron chi connectivity index (χ4n) is 1.97. The maximum absolute atomic E-state index is 12.1. The molecule has 0 saturated carbocycles. The van der Waals surface area contributed by atoms with E-state index >= 15 is 0 Å². The van der Waals surface area contributed by atoms with Crippen LogP contribution in [-0.4, -0.2) is 128 Å². The molecule has 5 atom stereocenters. The molecule has 0 spiro atoms. The number of rotatable bonds is 15. The second-order valence-electron chi connectivity index (χ2n) is 6.37. The Labute approximate surface area is 186 Å². The maximum atomic E-state index is 12.1. The highest BCUT2D eigenvalue weighted by Gasteiger charge is 2.55. The molecule has 0 aromatic rings. The third-order valence-electron chi connectivity index (χ3n) is 3.71. The van der Waals surface area contributed by atoms with Crippen molar-refractivity contribution in [3.63, 3.8) is 0 Å². The Bertz CT molecular complexity index is 591. The number of aliphatic hydroxyl groups is 8. The van der Waals surface area contributed by atoms with Crippen LogP contribution in [0.5, 0.6) is 0 Å². The number of carbonyl (C=O) groups excluding carboxylic acids is 4. The average Bonchev–Trinajstić information content (AvgIpc) is 2.80. The van der Waals surface area contributed by atoms with Crippen molar-refractivity contribution >= 4 is 23.9 Å². The van der Waals surface area contributed by atoms with Crippen LogP contribution >= 0.6 is 0 Å². The Balaban J connectivity index is 6.62.